The number of rotatable bonds is 5. The quantitative estimate of drug-likeness (QED) is 0.306. The largest absolute Gasteiger partial charge is 0.493 e. The average Bonchev–Trinajstić information content (AvgIpc) is 3.04. The van der Waals surface area contributed by atoms with Crippen LogP contribution in [0.1, 0.15) is 25.7 Å². The lowest BCUT2D eigenvalue weighted by atomic mass is 10.1. The summed E-state index contributed by atoms with van der Waals surface area (Å²) < 4.78 is 21.0. The second-order valence-corrected chi connectivity index (χ2v) is 9.98. The first kappa shape index (κ1) is 34.5. The van der Waals surface area contributed by atoms with Gasteiger partial charge in [-0.3, -0.25) is 9.59 Å². The molecule has 0 aliphatic carbocycles. The monoisotopic (exact) mass is 646 g/mol. The van der Waals surface area contributed by atoms with E-state index in [4.69, 9.17) is 30.5 Å². The third-order valence-electron chi connectivity index (χ3n) is 6.99. The molecule has 2 aliphatic rings. The fraction of sp³-hybridized carbons (Fsp3) is 0.400. The highest BCUT2D eigenvalue weighted by Gasteiger charge is 2.20. The molecule has 1 N–H and O–H groups in total. The van der Waals surface area contributed by atoms with Gasteiger partial charge in [-0.05, 0) is 12.1 Å². The Morgan fingerprint density at radius 3 is 1.61 bits per heavy atom. The molecular weight excluding hydrogens is 611 g/mol. The molecule has 44 heavy (non-hydrogen) atoms. The fourth-order valence-corrected chi connectivity index (χ4v) is 4.84. The van der Waals surface area contributed by atoms with E-state index in [0.717, 1.165) is 53.6 Å². The summed E-state index contributed by atoms with van der Waals surface area (Å²) in [4.78, 5) is 40.6. The van der Waals surface area contributed by atoms with Crippen molar-refractivity contribution in [2.45, 2.75) is 25.7 Å². The number of carbonyl (C=O) groups excluding carboxylic acids is 2. The number of piperidine rings is 2. The van der Waals surface area contributed by atoms with Gasteiger partial charge in [-0.2, -0.15) is 0 Å². The minimum Gasteiger partial charge on any atom is -0.493 e. The van der Waals surface area contributed by atoms with Gasteiger partial charge in [-0.25, -0.2) is 19.9 Å². The normalized spacial score (nSPS) is 14.4. The van der Waals surface area contributed by atoms with E-state index in [1.807, 2.05) is 12.1 Å². The molecule has 236 valence electrons. The molecule has 4 heterocycles. The highest BCUT2D eigenvalue weighted by molar-refractivity contribution is 6.34. The van der Waals surface area contributed by atoms with E-state index in [0.29, 0.717) is 65.6 Å². The third-order valence-corrected chi connectivity index (χ3v) is 7.29. The Morgan fingerprint density at radius 2 is 1.11 bits per heavy atom. The zero-order valence-electron chi connectivity index (χ0n) is 25.1. The first-order valence-electron chi connectivity index (χ1n) is 13.8. The molecule has 0 spiro atoms. The maximum atomic E-state index is 11.4. The molecule has 0 bridgehead atoms. The molecule has 4 aromatic rings. The van der Waals surface area contributed by atoms with Gasteiger partial charge < -0.3 is 29.2 Å². The lowest BCUT2D eigenvalue weighted by molar-refractivity contribution is -0.120. The molecule has 2 aromatic carbocycles. The van der Waals surface area contributed by atoms with E-state index in [2.05, 4.69) is 30.2 Å². The van der Waals surface area contributed by atoms with Crippen molar-refractivity contribution < 1.29 is 28.5 Å². The number of ketones is 2. The van der Waals surface area contributed by atoms with E-state index in [1.165, 1.54) is 6.33 Å². The Kier molecular flexibility index (Phi) is 13.1. The van der Waals surface area contributed by atoms with Crippen LogP contribution in [-0.2, 0) is 9.59 Å². The number of aromatic nitrogens is 4. The molecule has 2 aromatic heterocycles. The van der Waals surface area contributed by atoms with Gasteiger partial charge in [0.2, 0.25) is 0 Å². The Balaban J connectivity index is 0.000000200. The molecule has 0 saturated carbocycles. The van der Waals surface area contributed by atoms with Gasteiger partial charge in [0.05, 0.1) is 39.5 Å². The van der Waals surface area contributed by atoms with Gasteiger partial charge in [-0.1, -0.05) is 11.6 Å². The number of anilines is 1. The number of hydrogen-bond donors (Lipinski definition) is 1. The maximum Gasteiger partial charge on any atom is 0.162 e. The predicted octanol–water partition coefficient (Wildman–Crippen LogP) is 4.48. The SMILES string of the molecule is COc1cc2ncnc(Cl)c2cc1OC.COc1cc2ncnc(N3CCC(=O)CC3)c2cc1OC.Cl.O=C1CCNCC1. The number of nitrogens with zero attached hydrogens (tertiary/aromatic N) is 5. The van der Waals surface area contributed by atoms with Crippen LogP contribution in [0.3, 0.4) is 0 Å². The van der Waals surface area contributed by atoms with Crippen LogP contribution in [0.25, 0.3) is 21.8 Å². The van der Waals surface area contributed by atoms with Crippen LogP contribution in [0.5, 0.6) is 23.0 Å². The van der Waals surface area contributed by atoms with Crippen molar-refractivity contribution in [3.8, 4) is 23.0 Å². The van der Waals surface area contributed by atoms with E-state index in [-0.39, 0.29) is 12.4 Å². The molecule has 2 fully saturated rings. The van der Waals surface area contributed by atoms with E-state index in [9.17, 15) is 9.59 Å². The Hall–Kier alpha value is -4.00. The number of hydrogen-bond acceptors (Lipinski definition) is 12. The zero-order chi connectivity index (χ0) is 30.8. The van der Waals surface area contributed by atoms with Crippen LogP contribution in [-0.4, -0.2) is 86.1 Å². The molecule has 12 nitrogen and oxygen atoms in total. The minimum absolute atomic E-state index is 0. The maximum absolute atomic E-state index is 11.4. The number of halogens is 2. The van der Waals surface area contributed by atoms with E-state index < -0.39 is 0 Å². The summed E-state index contributed by atoms with van der Waals surface area (Å²) in [7, 11) is 6.35. The van der Waals surface area contributed by atoms with Gasteiger partial charge in [0.15, 0.2) is 23.0 Å². The van der Waals surface area contributed by atoms with Crippen molar-refractivity contribution in [3.05, 3.63) is 42.1 Å². The molecule has 0 radical (unpaired) electrons. The van der Waals surface area contributed by atoms with Crippen LogP contribution in [0.4, 0.5) is 5.82 Å². The molecule has 2 aliphatic heterocycles. The standard InChI is InChI=1S/C15H17N3O3.C10H9ClN2O2.C5H9NO.ClH/c1-20-13-7-11-12(8-14(13)21-2)16-9-17-15(11)18-5-3-10(19)4-6-18;1-14-8-3-6-7(4-9(8)15-2)12-5-13-10(6)11;7-5-1-3-6-4-2-5;/h7-9H,3-6H2,1-2H3;3-5H,1-2H3;6H,1-4H2;1H. The van der Waals surface area contributed by atoms with E-state index in [1.54, 1.807) is 46.9 Å². The van der Waals surface area contributed by atoms with Crippen molar-refractivity contribution in [2.75, 3.05) is 59.5 Å². The van der Waals surface area contributed by atoms with Crippen LogP contribution in [0.2, 0.25) is 5.15 Å². The number of Topliss-reactive ketones (excluding diaryl/α,β-unsaturated/α-hetero) is 2. The number of carbonyl (C=O) groups is 2. The van der Waals surface area contributed by atoms with Crippen molar-refractivity contribution in [3.63, 3.8) is 0 Å². The van der Waals surface area contributed by atoms with Crippen LogP contribution in [0.15, 0.2) is 36.9 Å². The number of fused-ring (bicyclic) bond motifs is 2. The van der Waals surface area contributed by atoms with Crippen LogP contribution in [0, 0.1) is 0 Å². The van der Waals surface area contributed by atoms with Crippen molar-refractivity contribution in [2.24, 2.45) is 0 Å². The fourth-order valence-electron chi connectivity index (χ4n) is 4.65. The molecule has 0 atom stereocenters. The summed E-state index contributed by atoms with van der Waals surface area (Å²) in [6, 6.07) is 7.26. The Labute approximate surface area is 266 Å². The lowest BCUT2D eigenvalue weighted by Gasteiger charge is -2.28. The van der Waals surface area contributed by atoms with Crippen molar-refractivity contribution in [1.29, 1.82) is 0 Å². The Morgan fingerprint density at radius 1 is 0.659 bits per heavy atom. The lowest BCUT2D eigenvalue weighted by Crippen LogP contribution is -2.34. The summed E-state index contributed by atoms with van der Waals surface area (Å²) in [5.74, 6) is 4.08. The highest BCUT2D eigenvalue weighted by atomic mass is 35.5. The van der Waals surface area contributed by atoms with Gasteiger partial charge in [0, 0.05) is 74.8 Å². The number of nitrogens with one attached hydrogen (secondary N) is 1. The summed E-state index contributed by atoms with van der Waals surface area (Å²) in [6.07, 6.45) is 5.56. The van der Waals surface area contributed by atoms with Gasteiger partial charge in [0.1, 0.15) is 35.2 Å². The number of ether oxygens (including phenoxy) is 4. The molecule has 0 amide bonds. The number of benzene rings is 2. The summed E-state index contributed by atoms with van der Waals surface area (Å²) in [5, 5.41) is 5.15. The summed E-state index contributed by atoms with van der Waals surface area (Å²) in [6.45, 7) is 3.16. The minimum atomic E-state index is 0. The predicted molar refractivity (Wildman–Crippen MR) is 171 cm³/mol. The second-order valence-electron chi connectivity index (χ2n) is 9.62. The number of methoxy groups -OCH3 is 4. The van der Waals surface area contributed by atoms with Crippen LogP contribution < -0.4 is 29.2 Å². The van der Waals surface area contributed by atoms with Gasteiger partial charge in [-0.15, -0.1) is 12.4 Å². The zero-order valence-corrected chi connectivity index (χ0v) is 26.7. The molecule has 6 rings (SSSR count). The van der Waals surface area contributed by atoms with Crippen LogP contribution >= 0.6 is 24.0 Å². The molecule has 14 heteroatoms. The van der Waals surface area contributed by atoms with Gasteiger partial charge in [0.25, 0.3) is 0 Å². The third kappa shape index (κ3) is 8.55. The molecule has 0 unspecified atom stereocenters. The highest BCUT2D eigenvalue weighted by Crippen LogP contribution is 2.35. The van der Waals surface area contributed by atoms with Crippen molar-refractivity contribution in [1.82, 2.24) is 25.3 Å². The molecular formula is C30H36Cl2N6O6. The topological polar surface area (TPSA) is 138 Å². The first-order valence-corrected chi connectivity index (χ1v) is 14.1. The summed E-state index contributed by atoms with van der Waals surface area (Å²) in [5.41, 5.74) is 1.53. The Bertz CT molecular complexity index is 1570. The smallest absolute Gasteiger partial charge is 0.162 e. The van der Waals surface area contributed by atoms with Crippen molar-refractivity contribution >= 4 is 63.2 Å². The second kappa shape index (κ2) is 16.7. The van der Waals surface area contributed by atoms with E-state index >= 15 is 0 Å². The molecule has 2 saturated heterocycles. The van der Waals surface area contributed by atoms with Gasteiger partial charge >= 0.3 is 0 Å². The summed E-state index contributed by atoms with van der Waals surface area (Å²) >= 11 is 5.93. The average molecular weight is 648 g/mol. The first-order chi connectivity index (χ1) is 20.9.